The molecule has 0 amide bonds. The van der Waals surface area contributed by atoms with Crippen LogP contribution in [-0.2, 0) is 0 Å². The first-order valence-electron chi connectivity index (χ1n) is 8.08. The SMILES string of the molecule is Cc1csc(N2CC(C(c3cc(F)cc(F)c3)C(C)(C)F)C2)c1C#N. The number of anilines is 1. The molecule has 1 aromatic heterocycles. The van der Waals surface area contributed by atoms with E-state index in [1.54, 1.807) is 0 Å². The van der Waals surface area contributed by atoms with E-state index in [9.17, 15) is 18.4 Å². The van der Waals surface area contributed by atoms with Crippen molar-refractivity contribution < 1.29 is 13.2 Å². The number of halogens is 3. The first-order chi connectivity index (χ1) is 11.7. The lowest BCUT2D eigenvalue weighted by Gasteiger charge is -2.47. The summed E-state index contributed by atoms with van der Waals surface area (Å²) in [4.78, 5) is 2.04. The topological polar surface area (TPSA) is 27.0 Å². The van der Waals surface area contributed by atoms with Crippen LogP contribution in [0.1, 0.15) is 36.5 Å². The smallest absolute Gasteiger partial charge is 0.126 e. The van der Waals surface area contributed by atoms with Gasteiger partial charge in [-0.3, -0.25) is 0 Å². The summed E-state index contributed by atoms with van der Waals surface area (Å²) >= 11 is 1.50. The molecule has 3 rings (SSSR count). The molecule has 1 aliphatic rings. The van der Waals surface area contributed by atoms with Crippen LogP contribution in [0.3, 0.4) is 0 Å². The first-order valence-corrected chi connectivity index (χ1v) is 8.96. The van der Waals surface area contributed by atoms with Crippen molar-refractivity contribution in [1.29, 1.82) is 5.26 Å². The van der Waals surface area contributed by atoms with Gasteiger partial charge in [-0.2, -0.15) is 5.26 Å². The minimum atomic E-state index is -1.61. The summed E-state index contributed by atoms with van der Waals surface area (Å²) in [6, 6.07) is 5.44. The van der Waals surface area contributed by atoms with E-state index in [0.29, 0.717) is 24.2 Å². The molecule has 0 N–H and O–H groups in total. The Kier molecular flexibility index (Phi) is 4.54. The summed E-state index contributed by atoms with van der Waals surface area (Å²) in [6.45, 7) is 5.90. The highest BCUT2D eigenvalue weighted by molar-refractivity contribution is 7.14. The first kappa shape index (κ1) is 17.8. The summed E-state index contributed by atoms with van der Waals surface area (Å²) in [7, 11) is 0. The Hall–Kier alpha value is -2.00. The van der Waals surface area contributed by atoms with E-state index in [4.69, 9.17) is 0 Å². The lowest BCUT2D eigenvalue weighted by molar-refractivity contribution is 0.118. The van der Waals surface area contributed by atoms with Crippen molar-refractivity contribution in [2.75, 3.05) is 18.0 Å². The van der Waals surface area contributed by atoms with Gasteiger partial charge in [0.25, 0.3) is 0 Å². The van der Waals surface area contributed by atoms with Crippen LogP contribution in [-0.4, -0.2) is 18.8 Å². The quantitative estimate of drug-likeness (QED) is 0.748. The molecule has 0 bridgehead atoms. The van der Waals surface area contributed by atoms with E-state index < -0.39 is 23.2 Å². The van der Waals surface area contributed by atoms with Gasteiger partial charge in [-0.05, 0) is 49.4 Å². The number of hydrogen-bond donors (Lipinski definition) is 0. The normalized spacial score (nSPS) is 16.4. The van der Waals surface area contributed by atoms with E-state index in [1.807, 2.05) is 17.2 Å². The molecule has 2 aromatic rings. The maximum absolute atomic E-state index is 14.8. The fourth-order valence-corrected chi connectivity index (χ4v) is 4.70. The van der Waals surface area contributed by atoms with Crippen molar-refractivity contribution in [1.82, 2.24) is 0 Å². The van der Waals surface area contributed by atoms with Crippen LogP contribution < -0.4 is 4.90 Å². The lowest BCUT2D eigenvalue weighted by atomic mass is 9.73. The van der Waals surface area contributed by atoms with Crippen LogP contribution in [0.5, 0.6) is 0 Å². The number of aryl methyl sites for hydroxylation is 1. The van der Waals surface area contributed by atoms with Crippen molar-refractivity contribution in [2.24, 2.45) is 5.92 Å². The number of benzene rings is 1. The summed E-state index contributed by atoms with van der Waals surface area (Å²) in [5.41, 5.74) is 0.315. The predicted molar refractivity (Wildman–Crippen MR) is 93.8 cm³/mol. The third-order valence-corrected chi connectivity index (χ3v) is 5.88. The predicted octanol–water partition coefficient (Wildman–Crippen LogP) is 5.17. The molecule has 0 saturated carbocycles. The Morgan fingerprint density at radius 3 is 2.36 bits per heavy atom. The molecular formula is C19H19F3N2S. The van der Waals surface area contributed by atoms with E-state index in [-0.39, 0.29) is 5.92 Å². The van der Waals surface area contributed by atoms with Gasteiger partial charge < -0.3 is 4.90 Å². The van der Waals surface area contributed by atoms with Crippen LogP contribution in [0, 0.1) is 35.8 Å². The van der Waals surface area contributed by atoms with Crippen LogP contribution in [0.25, 0.3) is 0 Å². The zero-order chi connectivity index (χ0) is 18.4. The van der Waals surface area contributed by atoms with Crippen LogP contribution in [0.4, 0.5) is 18.2 Å². The Labute approximate surface area is 149 Å². The van der Waals surface area contributed by atoms with Gasteiger partial charge in [-0.25, -0.2) is 13.2 Å². The molecule has 0 radical (unpaired) electrons. The maximum Gasteiger partial charge on any atom is 0.126 e. The van der Waals surface area contributed by atoms with Crippen molar-refractivity contribution in [2.45, 2.75) is 32.4 Å². The molecule has 1 atom stereocenters. The van der Waals surface area contributed by atoms with Crippen LogP contribution in [0.2, 0.25) is 0 Å². The van der Waals surface area contributed by atoms with Gasteiger partial charge in [0, 0.05) is 31.0 Å². The highest BCUT2D eigenvalue weighted by atomic mass is 32.1. The number of rotatable bonds is 4. The summed E-state index contributed by atoms with van der Waals surface area (Å²) in [5, 5.41) is 12.1. The molecule has 132 valence electrons. The molecule has 6 heteroatoms. The average molecular weight is 364 g/mol. The van der Waals surface area contributed by atoms with E-state index in [0.717, 1.165) is 16.6 Å². The number of hydrogen-bond acceptors (Lipinski definition) is 3. The van der Waals surface area contributed by atoms with Gasteiger partial charge in [-0.15, -0.1) is 11.3 Å². The van der Waals surface area contributed by atoms with Crippen molar-refractivity contribution >= 4 is 16.3 Å². The monoisotopic (exact) mass is 364 g/mol. The fraction of sp³-hybridized carbons (Fsp3) is 0.421. The zero-order valence-corrected chi connectivity index (χ0v) is 15.1. The number of thiophene rings is 1. The van der Waals surface area contributed by atoms with Crippen LogP contribution in [0.15, 0.2) is 23.6 Å². The second kappa shape index (κ2) is 6.38. The molecule has 1 saturated heterocycles. The lowest BCUT2D eigenvalue weighted by Crippen LogP contribution is -2.52. The highest BCUT2D eigenvalue weighted by Gasteiger charge is 2.44. The molecule has 2 heterocycles. The number of nitriles is 1. The van der Waals surface area contributed by atoms with Gasteiger partial charge in [0.15, 0.2) is 0 Å². The minimum Gasteiger partial charge on any atom is -0.362 e. The second-order valence-corrected chi connectivity index (χ2v) is 7.98. The van der Waals surface area contributed by atoms with Gasteiger partial charge in [-0.1, -0.05) is 0 Å². The van der Waals surface area contributed by atoms with Gasteiger partial charge >= 0.3 is 0 Å². The fourth-order valence-electron chi connectivity index (χ4n) is 3.67. The third kappa shape index (κ3) is 3.38. The molecule has 25 heavy (non-hydrogen) atoms. The molecule has 2 nitrogen and oxygen atoms in total. The van der Waals surface area contributed by atoms with Crippen LogP contribution >= 0.6 is 11.3 Å². The molecular weight excluding hydrogens is 345 g/mol. The molecule has 0 spiro atoms. The standard InChI is InChI=1S/C19H19F3N2S/c1-11-10-25-18(16(11)7-23)24-8-13(9-24)17(19(2,3)22)12-4-14(20)6-15(21)5-12/h4-6,10,13,17H,8-9H2,1-3H3. The Bertz CT molecular complexity index is 806. The minimum absolute atomic E-state index is 0.0739. The van der Waals surface area contributed by atoms with Gasteiger partial charge in [0.2, 0.25) is 0 Å². The van der Waals surface area contributed by atoms with Gasteiger partial charge in [0.05, 0.1) is 5.56 Å². The van der Waals surface area contributed by atoms with Crippen molar-refractivity contribution in [3.63, 3.8) is 0 Å². The Balaban J connectivity index is 1.85. The Morgan fingerprint density at radius 1 is 1.24 bits per heavy atom. The van der Waals surface area contributed by atoms with Crippen molar-refractivity contribution in [3.8, 4) is 6.07 Å². The summed E-state index contributed by atoms with van der Waals surface area (Å²) in [6.07, 6.45) is 0. The third-order valence-electron chi connectivity index (χ3n) is 4.72. The zero-order valence-electron chi connectivity index (χ0n) is 14.3. The average Bonchev–Trinajstić information content (AvgIpc) is 2.80. The molecule has 0 aliphatic carbocycles. The molecule has 1 unspecified atom stereocenters. The van der Waals surface area contributed by atoms with E-state index in [1.165, 1.54) is 37.3 Å². The molecule has 1 fully saturated rings. The largest absolute Gasteiger partial charge is 0.362 e. The van der Waals surface area contributed by atoms with E-state index in [2.05, 4.69) is 6.07 Å². The second-order valence-electron chi connectivity index (χ2n) is 7.12. The number of alkyl halides is 1. The van der Waals surface area contributed by atoms with E-state index >= 15 is 0 Å². The van der Waals surface area contributed by atoms with Gasteiger partial charge in [0.1, 0.15) is 28.4 Å². The molecule has 1 aromatic carbocycles. The maximum atomic E-state index is 14.8. The number of nitrogens with zero attached hydrogens (tertiary/aromatic N) is 2. The Morgan fingerprint density at radius 2 is 1.84 bits per heavy atom. The summed E-state index contributed by atoms with van der Waals surface area (Å²) in [5.74, 6) is -2.07. The summed E-state index contributed by atoms with van der Waals surface area (Å²) < 4.78 is 42.0. The highest BCUT2D eigenvalue weighted by Crippen LogP contribution is 2.45. The van der Waals surface area contributed by atoms with Crippen molar-refractivity contribution in [3.05, 3.63) is 51.9 Å². The molecule has 1 aliphatic heterocycles.